The Kier molecular flexibility index (Phi) is 10.8. The van der Waals surface area contributed by atoms with E-state index in [4.69, 9.17) is 0 Å². The number of benzene rings is 1. The Labute approximate surface area is 191 Å². The van der Waals surface area contributed by atoms with Gasteiger partial charge in [0, 0.05) is 17.1 Å². The minimum atomic E-state index is -0.821. The Hall–Kier alpha value is -1.08. The summed E-state index contributed by atoms with van der Waals surface area (Å²) >= 11 is 1.67. The number of unbranched alkanes of at least 4 members (excludes halogenated alkanes) is 3. The number of hydrogen-bond donors (Lipinski definition) is 3. The molecule has 1 aliphatic rings. The van der Waals surface area contributed by atoms with Crippen LogP contribution in [-0.4, -0.2) is 52.0 Å². The van der Waals surface area contributed by atoms with Gasteiger partial charge in [0.2, 0.25) is 0 Å². The number of aryl methyl sites for hydroxylation is 1. The van der Waals surface area contributed by atoms with Gasteiger partial charge in [-0.15, -0.1) is 11.8 Å². The molecule has 1 saturated carbocycles. The fourth-order valence-corrected chi connectivity index (χ4v) is 5.67. The molecule has 1 aliphatic carbocycles. The topological polar surface area (TPSA) is 87.0 Å². The summed E-state index contributed by atoms with van der Waals surface area (Å²) in [5, 5.41) is 31.9. The largest absolute Gasteiger partial charge is 0.469 e. The molecular weight excluding hydrogens is 412 g/mol. The summed E-state index contributed by atoms with van der Waals surface area (Å²) in [7, 11) is 1.41. The number of aliphatic hydroxyl groups is 3. The summed E-state index contributed by atoms with van der Waals surface area (Å²) < 4.78 is 4.66. The monoisotopic (exact) mass is 452 g/mol. The van der Waals surface area contributed by atoms with Gasteiger partial charge in [0.1, 0.15) is 0 Å². The first kappa shape index (κ1) is 26.2. The van der Waals surface area contributed by atoms with Crippen molar-refractivity contribution in [2.45, 2.75) is 94.3 Å². The minimum Gasteiger partial charge on any atom is -0.469 e. The number of thioether (sulfide) groups is 1. The number of methoxy groups -OCH3 is 1. The van der Waals surface area contributed by atoms with E-state index in [1.807, 2.05) is 19.1 Å². The quantitative estimate of drug-likeness (QED) is 0.232. The smallest absolute Gasteiger partial charge is 0.305 e. The number of carbonyl (C=O) groups is 1. The van der Waals surface area contributed by atoms with Gasteiger partial charge in [-0.05, 0) is 69.4 Å². The molecule has 3 N–H and O–H groups in total. The molecule has 1 aromatic carbocycles. The SMILES string of the molecule is COC(=O)CCCCCCC1C(O)CC(O)[C@@H]1CCC(C)(O)CSc1ccccc1C. The predicted molar refractivity (Wildman–Crippen MR) is 125 cm³/mol. The van der Waals surface area contributed by atoms with E-state index in [1.54, 1.807) is 11.8 Å². The maximum absolute atomic E-state index is 11.2. The van der Waals surface area contributed by atoms with E-state index in [1.165, 1.54) is 17.6 Å². The first-order chi connectivity index (χ1) is 14.7. The van der Waals surface area contributed by atoms with Crippen LogP contribution in [0.15, 0.2) is 29.2 Å². The molecule has 0 aromatic heterocycles. The second kappa shape index (κ2) is 12.8. The second-order valence-corrected chi connectivity index (χ2v) is 10.3. The lowest BCUT2D eigenvalue weighted by molar-refractivity contribution is -0.140. The molecule has 1 aromatic rings. The Morgan fingerprint density at radius 1 is 1.10 bits per heavy atom. The summed E-state index contributed by atoms with van der Waals surface area (Å²) in [4.78, 5) is 12.4. The van der Waals surface area contributed by atoms with Gasteiger partial charge in [-0.3, -0.25) is 4.79 Å². The number of carbonyl (C=O) groups excluding carboxylic acids is 1. The zero-order valence-corrected chi connectivity index (χ0v) is 20.1. The molecule has 0 spiro atoms. The Balaban J connectivity index is 1.77. The molecule has 176 valence electrons. The summed E-state index contributed by atoms with van der Waals surface area (Å²) in [6.45, 7) is 3.94. The van der Waals surface area contributed by atoms with Crippen LogP contribution in [0.5, 0.6) is 0 Å². The van der Waals surface area contributed by atoms with Crippen molar-refractivity contribution in [3.63, 3.8) is 0 Å². The average molecular weight is 453 g/mol. The molecule has 0 heterocycles. The third-order valence-electron chi connectivity index (χ3n) is 6.57. The lowest BCUT2D eigenvalue weighted by Gasteiger charge is -2.29. The van der Waals surface area contributed by atoms with Crippen molar-refractivity contribution in [2.24, 2.45) is 11.8 Å². The number of aliphatic hydroxyl groups excluding tert-OH is 2. The van der Waals surface area contributed by atoms with Crippen LogP contribution in [0.1, 0.15) is 70.3 Å². The van der Waals surface area contributed by atoms with Crippen LogP contribution in [0.2, 0.25) is 0 Å². The summed E-state index contributed by atoms with van der Waals surface area (Å²) in [6, 6.07) is 8.19. The standard InChI is InChI=1S/C25H40O5S/c1-18-10-8-9-12-23(18)31-17-25(2,29)15-14-20-19(21(26)16-22(20)27)11-6-4-5-7-13-24(28)30-3/h8-10,12,19-22,26-27,29H,4-7,11,13-17H2,1-3H3/t19?,20-,21?,22?,25?/m1/s1. The third-order valence-corrected chi connectivity index (χ3v) is 8.10. The average Bonchev–Trinajstić information content (AvgIpc) is 3.00. The van der Waals surface area contributed by atoms with Gasteiger partial charge in [0.15, 0.2) is 0 Å². The molecule has 0 radical (unpaired) electrons. The molecule has 0 saturated heterocycles. The molecule has 0 aliphatic heterocycles. The molecule has 2 rings (SSSR count). The minimum absolute atomic E-state index is 0.0278. The zero-order chi connectivity index (χ0) is 22.9. The maximum atomic E-state index is 11.2. The van der Waals surface area contributed by atoms with Crippen LogP contribution in [0.3, 0.4) is 0 Å². The Morgan fingerprint density at radius 3 is 2.42 bits per heavy atom. The van der Waals surface area contributed by atoms with Gasteiger partial charge in [-0.2, -0.15) is 0 Å². The third kappa shape index (κ3) is 8.76. The highest BCUT2D eigenvalue weighted by atomic mass is 32.2. The molecule has 5 nitrogen and oxygen atoms in total. The molecular formula is C25H40O5S. The molecule has 4 unspecified atom stereocenters. The normalized spacial score (nSPS) is 25.4. The molecule has 1 fully saturated rings. The van der Waals surface area contributed by atoms with E-state index in [9.17, 15) is 20.1 Å². The summed E-state index contributed by atoms with van der Waals surface area (Å²) in [5.41, 5.74) is 0.392. The molecule has 0 amide bonds. The van der Waals surface area contributed by atoms with Crippen LogP contribution < -0.4 is 0 Å². The second-order valence-electron chi connectivity index (χ2n) is 9.32. The number of esters is 1. The fourth-order valence-electron chi connectivity index (χ4n) is 4.59. The van der Waals surface area contributed by atoms with E-state index in [0.29, 0.717) is 31.4 Å². The van der Waals surface area contributed by atoms with E-state index in [2.05, 4.69) is 23.8 Å². The van der Waals surface area contributed by atoms with Gasteiger partial charge < -0.3 is 20.1 Å². The van der Waals surface area contributed by atoms with Crippen molar-refractivity contribution in [3.05, 3.63) is 29.8 Å². The highest BCUT2D eigenvalue weighted by Crippen LogP contribution is 2.40. The van der Waals surface area contributed by atoms with Crippen molar-refractivity contribution in [1.29, 1.82) is 0 Å². The number of hydrogen-bond acceptors (Lipinski definition) is 6. The molecule has 5 atom stereocenters. The van der Waals surface area contributed by atoms with Crippen molar-refractivity contribution >= 4 is 17.7 Å². The van der Waals surface area contributed by atoms with Crippen LogP contribution in [0, 0.1) is 18.8 Å². The number of ether oxygens (including phenoxy) is 1. The first-order valence-electron chi connectivity index (χ1n) is 11.6. The lowest BCUT2D eigenvalue weighted by atomic mass is 9.83. The first-order valence-corrected chi connectivity index (χ1v) is 12.6. The van der Waals surface area contributed by atoms with Gasteiger partial charge >= 0.3 is 5.97 Å². The molecule has 0 bridgehead atoms. The van der Waals surface area contributed by atoms with Crippen molar-refractivity contribution in [1.82, 2.24) is 0 Å². The van der Waals surface area contributed by atoms with E-state index >= 15 is 0 Å². The van der Waals surface area contributed by atoms with Gasteiger partial charge in [-0.1, -0.05) is 37.5 Å². The van der Waals surface area contributed by atoms with E-state index < -0.39 is 17.8 Å². The highest BCUT2D eigenvalue weighted by molar-refractivity contribution is 7.99. The zero-order valence-electron chi connectivity index (χ0n) is 19.3. The maximum Gasteiger partial charge on any atom is 0.305 e. The lowest BCUT2D eigenvalue weighted by Crippen LogP contribution is -2.31. The predicted octanol–water partition coefficient (Wildman–Crippen LogP) is 4.49. The van der Waals surface area contributed by atoms with Crippen LogP contribution >= 0.6 is 11.8 Å². The van der Waals surface area contributed by atoms with Gasteiger partial charge in [0.25, 0.3) is 0 Å². The van der Waals surface area contributed by atoms with Gasteiger partial charge in [0.05, 0.1) is 24.9 Å². The van der Waals surface area contributed by atoms with Crippen LogP contribution in [0.25, 0.3) is 0 Å². The Morgan fingerprint density at radius 2 is 1.74 bits per heavy atom. The summed E-state index contributed by atoms with van der Waals surface area (Å²) in [6.07, 6.45) is 5.89. The van der Waals surface area contributed by atoms with Gasteiger partial charge in [-0.25, -0.2) is 0 Å². The van der Waals surface area contributed by atoms with Crippen molar-refractivity contribution in [3.8, 4) is 0 Å². The van der Waals surface area contributed by atoms with E-state index in [-0.39, 0.29) is 17.8 Å². The summed E-state index contributed by atoms with van der Waals surface area (Å²) in [5.74, 6) is 0.547. The van der Waals surface area contributed by atoms with Crippen LogP contribution in [0.4, 0.5) is 0 Å². The molecule has 31 heavy (non-hydrogen) atoms. The highest BCUT2D eigenvalue weighted by Gasteiger charge is 2.41. The fraction of sp³-hybridized carbons (Fsp3) is 0.720. The van der Waals surface area contributed by atoms with Crippen molar-refractivity contribution < 1.29 is 24.9 Å². The number of rotatable bonds is 13. The van der Waals surface area contributed by atoms with Crippen LogP contribution in [-0.2, 0) is 9.53 Å². The van der Waals surface area contributed by atoms with E-state index in [0.717, 1.165) is 32.1 Å². The Bertz CT molecular complexity index is 678. The van der Waals surface area contributed by atoms with Crippen molar-refractivity contribution in [2.75, 3.05) is 12.9 Å². The molecule has 6 heteroatoms.